The third-order valence-corrected chi connectivity index (χ3v) is 7.47. The van der Waals surface area contributed by atoms with Crippen molar-refractivity contribution in [3.8, 4) is 0 Å². The van der Waals surface area contributed by atoms with E-state index < -0.39 is 6.04 Å². The number of benzene rings is 2. The van der Waals surface area contributed by atoms with Crippen molar-refractivity contribution in [1.29, 1.82) is 0 Å². The normalized spacial score (nSPS) is 26.0. The summed E-state index contributed by atoms with van der Waals surface area (Å²) in [5, 5.41) is 6.63. The molecule has 0 bridgehead atoms. The van der Waals surface area contributed by atoms with Crippen molar-refractivity contribution in [3.05, 3.63) is 71.8 Å². The van der Waals surface area contributed by atoms with Crippen LogP contribution in [-0.4, -0.2) is 65.9 Å². The molecule has 5 rings (SSSR count). The van der Waals surface area contributed by atoms with Gasteiger partial charge in [-0.1, -0.05) is 73.5 Å². The van der Waals surface area contributed by atoms with Crippen molar-refractivity contribution in [2.24, 2.45) is 0 Å². The van der Waals surface area contributed by atoms with Crippen LogP contribution in [0.1, 0.15) is 49.3 Å². The average Bonchev–Trinajstić information content (AvgIpc) is 2.86. The van der Waals surface area contributed by atoms with E-state index in [4.69, 9.17) is 0 Å². The second kappa shape index (κ2) is 10.1. The zero-order valence-corrected chi connectivity index (χ0v) is 19.2. The zero-order valence-electron chi connectivity index (χ0n) is 19.2. The first kappa shape index (κ1) is 22.1. The molecule has 1 aliphatic carbocycles. The van der Waals surface area contributed by atoms with E-state index in [0.717, 1.165) is 25.9 Å². The predicted octanol–water partition coefficient (Wildman–Crippen LogP) is 2.71. The third-order valence-electron chi connectivity index (χ3n) is 7.47. The molecule has 2 aromatic rings. The van der Waals surface area contributed by atoms with Crippen molar-refractivity contribution in [2.75, 3.05) is 26.2 Å². The summed E-state index contributed by atoms with van der Waals surface area (Å²) in [6.45, 7) is 3.01. The Bertz CT molecular complexity index is 904. The van der Waals surface area contributed by atoms with Crippen molar-refractivity contribution in [3.63, 3.8) is 0 Å². The highest BCUT2D eigenvalue weighted by molar-refractivity contribution is 5.89. The zero-order chi connectivity index (χ0) is 22.6. The Labute approximate surface area is 196 Å². The lowest BCUT2D eigenvalue weighted by Crippen LogP contribution is -2.65. The first-order valence-corrected chi connectivity index (χ1v) is 12.4. The van der Waals surface area contributed by atoms with Crippen molar-refractivity contribution < 1.29 is 9.59 Å². The van der Waals surface area contributed by atoms with Gasteiger partial charge in [0.05, 0.1) is 18.5 Å². The van der Waals surface area contributed by atoms with Gasteiger partial charge in [-0.2, -0.15) is 0 Å². The van der Waals surface area contributed by atoms with Crippen LogP contribution in [0.5, 0.6) is 0 Å². The monoisotopic (exact) mass is 446 g/mol. The molecule has 6 heteroatoms. The molecule has 0 unspecified atom stereocenters. The summed E-state index contributed by atoms with van der Waals surface area (Å²) in [7, 11) is 0. The molecule has 3 aliphatic rings. The van der Waals surface area contributed by atoms with E-state index >= 15 is 0 Å². The van der Waals surface area contributed by atoms with Gasteiger partial charge in [-0.15, -0.1) is 0 Å². The molecular formula is C27H34N4O2. The number of fused-ring (bicyclic) bond motifs is 1. The van der Waals surface area contributed by atoms with Crippen molar-refractivity contribution in [1.82, 2.24) is 20.4 Å². The minimum absolute atomic E-state index is 0.0154. The van der Waals surface area contributed by atoms with Gasteiger partial charge in [-0.3, -0.25) is 14.5 Å². The molecule has 0 aromatic heterocycles. The van der Waals surface area contributed by atoms with E-state index in [-0.39, 0.29) is 30.3 Å². The smallest absolute Gasteiger partial charge is 0.237 e. The number of hydrogen-bond donors (Lipinski definition) is 2. The van der Waals surface area contributed by atoms with Gasteiger partial charge in [0.2, 0.25) is 11.8 Å². The maximum absolute atomic E-state index is 13.1. The first-order valence-electron chi connectivity index (χ1n) is 12.4. The molecule has 174 valence electrons. The standard InChI is InChI=1S/C27H34N4O2/c32-25(19-24-27(33)29-23-14-8-7-13-22(23)28-24)30-15-17-31(18-16-30)26(20-9-3-1-4-10-20)21-11-5-2-6-12-21/h1-6,9-12,22-24,26,28H,7-8,13-19H2,(H,29,33)/t22-,23-,24+/m0/s1. The number of carbonyl (C=O) groups is 2. The lowest BCUT2D eigenvalue weighted by molar-refractivity contribution is -0.138. The van der Waals surface area contributed by atoms with E-state index in [1.165, 1.54) is 24.0 Å². The number of hydrogen-bond acceptors (Lipinski definition) is 4. The molecule has 2 N–H and O–H groups in total. The summed E-state index contributed by atoms with van der Waals surface area (Å²) < 4.78 is 0. The Balaban J connectivity index is 1.21. The summed E-state index contributed by atoms with van der Waals surface area (Å²) >= 11 is 0. The fraction of sp³-hybridized carbons (Fsp3) is 0.481. The van der Waals surface area contributed by atoms with Gasteiger partial charge in [0.15, 0.2) is 0 Å². The number of piperazine rings is 2. The quantitative estimate of drug-likeness (QED) is 0.741. The Morgan fingerprint density at radius 3 is 2.03 bits per heavy atom. The van der Waals surface area contributed by atoms with E-state index in [2.05, 4.69) is 64.1 Å². The number of rotatable bonds is 5. The highest BCUT2D eigenvalue weighted by Gasteiger charge is 2.38. The minimum Gasteiger partial charge on any atom is -0.350 e. The van der Waals surface area contributed by atoms with E-state index in [9.17, 15) is 9.59 Å². The number of carbonyl (C=O) groups excluding carboxylic acids is 2. The molecular weight excluding hydrogens is 412 g/mol. The maximum Gasteiger partial charge on any atom is 0.237 e. The van der Waals surface area contributed by atoms with Crippen LogP contribution in [0, 0.1) is 0 Å². The van der Waals surface area contributed by atoms with E-state index in [1.807, 2.05) is 17.0 Å². The summed E-state index contributed by atoms with van der Waals surface area (Å²) in [4.78, 5) is 30.0. The fourth-order valence-electron chi connectivity index (χ4n) is 5.69. The van der Waals surface area contributed by atoms with Gasteiger partial charge < -0.3 is 15.5 Å². The van der Waals surface area contributed by atoms with Crippen LogP contribution in [0.25, 0.3) is 0 Å². The lowest BCUT2D eigenvalue weighted by atomic mass is 9.87. The molecule has 3 atom stereocenters. The Morgan fingerprint density at radius 1 is 0.848 bits per heavy atom. The molecule has 2 heterocycles. The van der Waals surface area contributed by atoms with Crippen molar-refractivity contribution >= 4 is 11.8 Å². The molecule has 2 aliphatic heterocycles. The lowest BCUT2D eigenvalue weighted by Gasteiger charge is -2.42. The summed E-state index contributed by atoms with van der Waals surface area (Å²) in [6.07, 6.45) is 4.72. The van der Waals surface area contributed by atoms with Gasteiger partial charge in [-0.25, -0.2) is 0 Å². The second-order valence-corrected chi connectivity index (χ2v) is 9.57. The number of amides is 2. The number of nitrogens with zero attached hydrogens (tertiary/aromatic N) is 2. The van der Waals surface area contributed by atoms with Gasteiger partial charge in [0.1, 0.15) is 0 Å². The Hall–Kier alpha value is -2.70. The first-order chi connectivity index (χ1) is 16.2. The highest BCUT2D eigenvalue weighted by Crippen LogP contribution is 2.29. The van der Waals surface area contributed by atoms with E-state index in [0.29, 0.717) is 19.1 Å². The topological polar surface area (TPSA) is 64.7 Å². The largest absolute Gasteiger partial charge is 0.350 e. The van der Waals surface area contributed by atoms with Crippen LogP contribution < -0.4 is 10.6 Å². The third kappa shape index (κ3) is 4.97. The average molecular weight is 447 g/mol. The minimum atomic E-state index is -0.406. The van der Waals surface area contributed by atoms with Gasteiger partial charge >= 0.3 is 0 Å². The molecule has 2 saturated heterocycles. The second-order valence-electron chi connectivity index (χ2n) is 9.57. The van der Waals surface area contributed by atoms with Gasteiger partial charge in [0.25, 0.3) is 0 Å². The van der Waals surface area contributed by atoms with E-state index in [1.54, 1.807) is 0 Å². The summed E-state index contributed by atoms with van der Waals surface area (Å²) in [5.74, 6) is 0.0610. The number of nitrogens with one attached hydrogen (secondary N) is 2. The van der Waals surface area contributed by atoms with Crippen LogP contribution in [0.2, 0.25) is 0 Å². The van der Waals surface area contributed by atoms with Crippen LogP contribution in [0.3, 0.4) is 0 Å². The molecule has 6 nitrogen and oxygen atoms in total. The summed E-state index contributed by atoms with van der Waals surface area (Å²) in [6, 6.07) is 21.5. The molecule has 33 heavy (non-hydrogen) atoms. The Morgan fingerprint density at radius 2 is 1.42 bits per heavy atom. The molecule has 3 fully saturated rings. The molecule has 0 spiro atoms. The van der Waals surface area contributed by atoms with Gasteiger partial charge in [-0.05, 0) is 24.0 Å². The van der Waals surface area contributed by atoms with Crippen LogP contribution in [-0.2, 0) is 9.59 Å². The van der Waals surface area contributed by atoms with Crippen LogP contribution in [0.15, 0.2) is 60.7 Å². The molecule has 0 radical (unpaired) electrons. The molecule has 2 aromatic carbocycles. The SMILES string of the molecule is O=C1N[C@H]2CCCC[C@@H]2N[C@@H]1CC(=O)N1CCN(C(c2ccccc2)c2ccccc2)CC1. The fourth-order valence-corrected chi connectivity index (χ4v) is 5.69. The molecule has 2 amide bonds. The Kier molecular flexibility index (Phi) is 6.74. The molecule has 1 saturated carbocycles. The maximum atomic E-state index is 13.1. The predicted molar refractivity (Wildman–Crippen MR) is 129 cm³/mol. The highest BCUT2D eigenvalue weighted by atomic mass is 16.2. The van der Waals surface area contributed by atoms with Crippen molar-refractivity contribution in [2.45, 2.75) is 56.3 Å². The van der Waals surface area contributed by atoms with Crippen LogP contribution in [0.4, 0.5) is 0 Å². The van der Waals surface area contributed by atoms with Gasteiger partial charge in [0, 0.05) is 38.3 Å². The summed E-state index contributed by atoms with van der Waals surface area (Å²) in [5.41, 5.74) is 2.54. The van der Waals surface area contributed by atoms with Crippen LogP contribution >= 0.6 is 0 Å².